The van der Waals surface area contributed by atoms with E-state index in [2.05, 4.69) is 22.3 Å². The number of anilines is 1. The fourth-order valence-corrected chi connectivity index (χ4v) is 2.72. The normalized spacial score (nSPS) is 20.1. The van der Waals surface area contributed by atoms with Crippen molar-refractivity contribution in [2.75, 3.05) is 31.6 Å². The lowest BCUT2D eigenvalue weighted by Gasteiger charge is -2.35. The number of methoxy groups -OCH3 is 1. The van der Waals surface area contributed by atoms with Crippen LogP contribution in [0.1, 0.15) is 19.3 Å². The molecule has 0 saturated carbocycles. The van der Waals surface area contributed by atoms with Crippen LogP contribution in [0.4, 0.5) is 5.69 Å². The predicted octanol–water partition coefficient (Wildman–Crippen LogP) is 1.14. The molecule has 0 aromatic heterocycles. The van der Waals surface area contributed by atoms with Gasteiger partial charge >= 0.3 is 0 Å². The molecule has 2 unspecified atom stereocenters. The molecule has 1 aliphatic rings. The zero-order valence-corrected chi connectivity index (χ0v) is 12.6. The number of hydrogen-bond donors (Lipinski definition) is 2. The maximum absolute atomic E-state index is 12.0. The Morgan fingerprint density at radius 2 is 2.24 bits per heavy atom. The van der Waals surface area contributed by atoms with E-state index in [0.29, 0.717) is 13.0 Å². The Bertz CT molecular complexity index is 434. The number of ether oxygens (including phenoxy) is 1. The molecule has 1 aromatic rings. The predicted molar refractivity (Wildman–Crippen MR) is 84.3 cm³/mol. The van der Waals surface area contributed by atoms with Crippen LogP contribution in [0.5, 0.6) is 0 Å². The number of nitrogens with zero attached hydrogens (tertiary/aromatic N) is 1. The number of nitrogens with one attached hydrogen (secondary N) is 1. The first-order chi connectivity index (χ1) is 10.2. The number of para-hydroxylation sites is 1. The van der Waals surface area contributed by atoms with E-state index in [0.717, 1.165) is 25.9 Å². The Morgan fingerprint density at radius 3 is 2.90 bits per heavy atom. The second-order valence-electron chi connectivity index (χ2n) is 5.49. The van der Waals surface area contributed by atoms with Gasteiger partial charge in [0.1, 0.15) is 0 Å². The van der Waals surface area contributed by atoms with Gasteiger partial charge in [0.15, 0.2) is 0 Å². The zero-order valence-electron chi connectivity index (χ0n) is 12.6. The van der Waals surface area contributed by atoms with Crippen molar-refractivity contribution in [3.8, 4) is 0 Å². The first-order valence-corrected chi connectivity index (χ1v) is 7.55. The van der Waals surface area contributed by atoms with Crippen molar-refractivity contribution >= 4 is 11.6 Å². The van der Waals surface area contributed by atoms with E-state index in [4.69, 9.17) is 10.5 Å². The number of amides is 1. The van der Waals surface area contributed by atoms with Crippen molar-refractivity contribution in [2.45, 2.75) is 31.4 Å². The molecule has 21 heavy (non-hydrogen) atoms. The summed E-state index contributed by atoms with van der Waals surface area (Å²) in [6, 6.07) is 10.5. The highest BCUT2D eigenvalue weighted by Gasteiger charge is 2.22. The summed E-state index contributed by atoms with van der Waals surface area (Å²) >= 11 is 0. The van der Waals surface area contributed by atoms with Gasteiger partial charge in [-0.05, 0) is 25.0 Å². The van der Waals surface area contributed by atoms with Crippen molar-refractivity contribution < 1.29 is 9.53 Å². The number of hydrogen-bond acceptors (Lipinski definition) is 4. The summed E-state index contributed by atoms with van der Waals surface area (Å²) in [5.41, 5.74) is 6.77. The number of carbonyl (C=O) groups excluding carboxylic acids is 1. The van der Waals surface area contributed by atoms with Gasteiger partial charge in [0, 0.05) is 38.5 Å². The number of rotatable bonds is 6. The van der Waals surface area contributed by atoms with Crippen LogP contribution in [-0.2, 0) is 9.53 Å². The lowest BCUT2D eigenvalue weighted by atomic mass is 10.0. The maximum atomic E-state index is 12.0. The summed E-state index contributed by atoms with van der Waals surface area (Å²) in [5, 5.41) is 3.10. The van der Waals surface area contributed by atoms with Gasteiger partial charge in [0.05, 0.1) is 12.5 Å². The molecular weight excluding hydrogens is 266 g/mol. The van der Waals surface area contributed by atoms with Crippen LogP contribution in [0.15, 0.2) is 30.3 Å². The first-order valence-electron chi connectivity index (χ1n) is 7.55. The van der Waals surface area contributed by atoms with Crippen molar-refractivity contribution in [3.05, 3.63) is 30.3 Å². The van der Waals surface area contributed by atoms with Crippen LogP contribution in [0, 0.1) is 0 Å². The summed E-state index contributed by atoms with van der Waals surface area (Å²) in [6.07, 6.45) is 2.24. The molecule has 1 heterocycles. The molecule has 2 rings (SSSR count). The standard InChI is InChI=1S/C16H25N3O2/c1-21-15(11-17)10-16(20)18-13-6-5-9-19(12-13)14-7-3-2-4-8-14/h2-4,7-8,13,15H,5-6,9-12,17H2,1H3,(H,18,20). The highest BCUT2D eigenvalue weighted by Crippen LogP contribution is 2.19. The molecule has 5 nitrogen and oxygen atoms in total. The second kappa shape index (κ2) is 8.00. The maximum Gasteiger partial charge on any atom is 0.222 e. The van der Waals surface area contributed by atoms with Gasteiger partial charge in [-0.1, -0.05) is 18.2 Å². The summed E-state index contributed by atoms with van der Waals surface area (Å²) in [7, 11) is 1.59. The molecule has 1 amide bonds. The minimum atomic E-state index is -0.196. The number of benzene rings is 1. The first kappa shape index (κ1) is 15.8. The van der Waals surface area contributed by atoms with Crippen LogP contribution in [0.2, 0.25) is 0 Å². The quantitative estimate of drug-likeness (QED) is 0.824. The molecule has 2 atom stereocenters. The topological polar surface area (TPSA) is 67.6 Å². The summed E-state index contributed by atoms with van der Waals surface area (Å²) in [6.45, 7) is 2.26. The molecule has 0 spiro atoms. The van der Waals surface area contributed by atoms with Crippen LogP contribution in [0.25, 0.3) is 0 Å². The van der Waals surface area contributed by atoms with Gasteiger partial charge in [0.25, 0.3) is 0 Å². The monoisotopic (exact) mass is 291 g/mol. The third-order valence-corrected chi connectivity index (χ3v) is 3.92. The van der Waals surface area contributed by atoms with Crippen LogP contribution in [-0.4, -0.2) is 44.8 Å². The summed E-state index contributed by atoms with van der Waals surface area (Å²) in [4.78, 5) is 14.3. The van der Waals surface area contributed by atoms with Crippen molar-refractivity contribution in [3.63, 3.8) is 0 Å². The SMILES string of the molecule is COC(CN)CC(=O)NC1CCCN(c2ccccc2)C1. The Hall–Kier alpha value is -1.59. The average molecular weight is 291 g/mol. The summed E-state index contributed by atoms with van der Waals surface area (Å²) in [5.74, 6) is 0.0206. The van der Waals surface area contributed by atoms with Crippen molar-refractivity contribution in [2.24, 2.45) is 5.73 Å². The summed E-state index contributed by atoms with van der Waals surface area (Å²) < 4.78 is 5.15. The lowest BCUT2D eigenvalue weighted by molar-refractivity contribution is -0.124. The largest absolute Gasteiger partial charge is 0.380 e. The third-order valence-electron chi connectivity index (χ3n) is 3.92. The van der Waals surface area contributed by atoms with Gasteiger partial charge in [-0.15, -0.1) is 0 Å². The van der Waals surface area contributed by atoms with E-state index in [-0.39, 0.29) is 18.1 Å². The minimum absolute atomic E-state index is 0.0206. The van der Waals surface area contributed by atoms with Crippen LogP contribution >= 0.6 is 0 Å². The molecule has 116 valence electrons. The van der Waals surface area contributed by atoms with E-state index < -0.39 is 0 Å². The molecule has 1 aromatic carbocycles. The molecule has 1 aliphatic heterocycles. The number of piperidine rings is 1. The van der Waals surface area contributed by atoms with Gasteiger partial charge < -0.3 is 20.7 Å². The third kappa shape index (κ3) is 4.72. The van der Waals surface area contributed by atoms with Crippen molar-refractivity contribution in [1.29, 1.82) is 0 Å². The van der Waals surface area contributed by atoms with Gasteiger partial charge in [-0.3, -0.25) is 4.79 Å². The van der Waals surface area contributed by atoms with E-state index in [9.17, 15) is 4.79 Å². The highest BCUT2D eigenvalue weighted by atomic mass is 16.5. The molecular formula is C16H25N3O2. The van der Waals surface area contributed by atoms with E-state index in [1.54, 1.807) is 7.11 Å². The average Bonchev–Trinajstić information content (AvgIpc) is 2.53. The molecule has 3 N–H and O–H groups in total. The zero-order chi connectivity index (χ0) is 15.1. The van der Waals surface area contributed by atoms with Crippen LogP contribution in [0.3, 0.4) is 0 Å². The van der Waals surface area contributed by atoms with E-state index in [1.165, 1.54) is 5.69 Å². The van der Waals surface area contributed by atoms with Gasteiger partial charge in [-0.2, -0.15) is 0 Å². The van der Waals surface area contributed by atoms with E-state index in [1.807, 2.05) is 18.2 Å². The number of nitrogens with two attached hydrogens (primary N) is 1. The van der Waals surface area contributed by atoms with Gasteiger partial charge in [-0.25, -0.2) is 0 Å². The van der Waals surface area contributed by atoms with Crippen molar-refractivity contribution in [1.82, 2.24) is 5.32 Å². The molecule has 1 saturated heterocycles. The fourth-order valence-electron chi connectivity index (χ4n) is 2.72. The van der Waals surface area contributed by atoms with Gasteiger partial charge in [0.2, 0.25) is 5.91 Å². The molecule has 0 radical (unpaired) electrons. The molecule has 0 aliphatic carbocycles. The molecule has 1 fully saturated rings. The Kier molecular flexibility index (Phi) is 6.02. The van der Waals surface area contributed by atoms with Crippen LogP contribution < -0.4 is 16.0 Å². The minimum Gasteiger partial charge on any atom is -0.380 e. The van der Waals surface area contributed by atoms with E-state index >= 15 is 0 Å². The lowest BCUT2D eigenvalue weighted by Crippen LogP contribution is -2.48. The Labute approximate surface area is 126 Å². The highest BCUT2D eigenvalue weighted by molar-refractivity contribution is 5.77. The molecule has 5 heteroatoms. The fraction of sp³-hybridized carbons (Fsp3) is 0.562. The number of carbonyl (C=O) groups is 1. The smallest absolute Gasteiger partial charge is 0.222 e. The second-order valence-corrected chi connectivity index (χ2v) is 5.49. The molecule has 0 bridgehead atoms. The Morgan fingerprint density at radius 1 is 1.48 bits per heavy atom. The Balaban J connectivity index is 1.85.